The Bertz CT molecular complexity index is 596. The molecule has 19 heavy (non-hydrogen) atoms. The summed E-state index contributed by atoms with van der Waals surface area (Å²) in [5.74, 6) is 0.852. The molecule has 0 spiro atoms. The predicted molar refractivity (Wildman–Crippen MR) is 80.9 cm³/mol. The van der Waals surface area contributed by atoms with Crippen molar-refractivity contribution in [3.8, 4) is 5.75 Å². The highest BCUT2D eigenvalue weighted by Gasteiger charge is 2.06. The second-order valence-electron chi connectivity index (χ2n) is 4.69. The number of hydrogen-bond acceptors (Lipinski definition) is 3. The van der Waals surface area contributed by atoms with Gasteiger partial charge in [0.05, 0.1) is 6.20 Å². The van der Waals surface area contributed by atoms with Gasteiger partial charge in [-0.2, -0.15) is 5.10 Å². The summed E-state index contributed by atoms with van der Waals surface area (Å²) in [6.45, 7) is 6.27. The van der Waals surface area contributed by atoms with Gasteiger partial charge in [-0.1, -0.05) is 6.07 Å². The number of benzene rings is 1. The van der Waals surface area contributed by atoms with E-state index >= 15 is 0 Å². The van der Waals surface area contributed by atoms with Crippen molar-refractivity contribution in [2.75, 3.05) is 0 Å². The maximum absolute atomic E-state index is 5.86. The first-order valence-electron chi connectivity index (χ1n) is 6.16. The normalized spacial score (nSPS) is 11.4. The van der Waals surface area contributed by atoms with Crippen LogP contribution < -0.4 is 4.43 Å². The molecule has 0 fully saturated rings. The Morgan fingerprint density at radius 3 is 2.84 bits per heavy atom. The van der Waals surface area contributed by atoms with Gasteiger partial charge in [0, 0.05) is 25.0 Å². The fourth-order valence-corrected chi connectivity index (χ4v) is 2.30. The first-order chi connectivity index (χ1) is 9.04. The van der Waals surface area contributed by atoms with Crippen LogP contribution in [-0.4, -0.2) is 25.0 Å². The molecule has 0 atom stereocenters. The smallest absolute Gasteiger partial charge is 0.541 e. The molecule has 0 aliphatic rings. The summed E-state index contributed by atoms with van der Waals surface area (Å²) in [5.41, 5.74) is 3.02. The van der Waals surface area contributed by atoms with Crippen molar-refractivity contribution >= 4 is 20.9 Å². The van der Waals surface area contributed by atoms with Crippen molar-refractivity contribution in [2.45, 2.75) is 20.0 Å². The zero-order valence-corrected chi connectivity index (χ0v) is 12.7. The molecule has 0 saturated heterocycles. The van der Waals surface area contributed by atoms with E-state index in [2.05, 4.69) is 30.1 Å². The summed E-state index contributed by atoms with van der Waals surface area (Å²) < 4.78 is 7.62. The van der Waals surface area contributed by atoms with Crippen molar-refractivity contribution in [3.05, 3.63) is 41.7 Å². The van der Waals surface area contributed by atoms with E-state index in [1.54, 1.807) is 10.9 Å². The third kappa shape index (κ3) is 3.79. The first-order valence-corrected chi connectivity index (χ1v) is 8.57. The molecule has 0 aliphatic carbocycles. The predicted octanol–water partition coefficient (Wildman–Crippen LogP) is 3.22. The van der Waals surface area contributed by atoms with Crippen LogP contribution in [0.5, 0.6) is 5.75 Å². The highest BCUT2D eigenvalue weighted by molar-refractivity contribution is 6.49. The molecule has 0 bridgehead atoms. The second kappa shape index (κ2) is 5.84. The lowest BCUT2D eigenvalue weighted by Crippen LogP contribution is -2.11. The molecule has 0 saturated carbocycles. The fourth-order valence-electron chi connectivity index (χ4n) is 1.69. The zero-order valence-electron chi connectivity index (χ0n) is 12.7. The summed E-state index contributed by atoms with van der Waals surface area (Å²) in [6.07, 6.45) is 5.52. The molecule has 0 N–H and O–H groups in total. The topological polar surface area (TPSA) is 39.4 Å². The largest absolute Gasteiger partial charge is 1.00 e. The van der Waals surface area contributed by atoms with E-state index in [0.717, 1.165) is 17.0 Å². The number of aryl methyl sites for hydroxylation is 2. The van der Waals surface area contributed by atoms with Crippen LogP contribution >= 0.6 is 0 Å². The van der Waals surface area contributed by atoms with Crippen LogP contribution in [0, 0.1) is 6.92 Å². The molecule has 1 radical (unpaired) electrons. The maximum atomic E-state index is 5.86. The van der Waals surface area contributed by atoms with Gasteiger partial charge in [0.2, 0.25) is 0 Å². The SMILES string of the molecule is Cc1ccc(O[Si](C)C)c(N=Cc2cnn(C)c2)c1.[H+]. The minimum absolute atomic E-state index is 0. The molecular formula is C14H19N3OSi+. The number of hydrogen-bond donors (Lipinski definition) is 0. The third-order valence-electron chi connectivity index (χ3n) is 2.51. The van der Waals surface area contributed by atoms with Crippen LogP contribution in [0.2, 0.25) is 13.1 Å². The van der Waals surface area contributed by atoms with Gasteiger partial charge < -0.3 is 4.43 Å². The Balaban J connectivity index is 0.00000200. The van der Waals surface area contributed by atoms with Crippen molar-refractivity contribution in [1.29, 1.82) is 0 Å². The van der Waals surface area contributed by atoms with Gasteiger partial charge in [-0.15, -0.1) is 0 Å². The minimum Gasteiger partial charge on any atom is -0.541 e. The molecule has 2 rings (SSSR count). The van der Waals surface area contributed by atoms with E-state index in [1.165, 1.54) is 5.56 Å². The highest BCUT2D eigenvalue weighted by atomic mass is 28.3. The van der Waals surface area contributed by atoms with Crippen LogP contribution in [0.1, 0.15) is 12.6 Å². The summed E-state index contributed by atoms with van der Waals surface area (Å²) in [5, 5.41) is 4.12. The van der Waals surface area contributed by atoms with Crippen LogP contribution in [-0.2, 0) is 7.05 Å². The van der Waals surface area contributed by atoms with Gasteiger partial charge in [0.25, 0.3) is 9.04 Å². The molecule has 99 valence electrons. The average Bonchev–Trinajstić information content (AvgIpc) is 2.75. The molecule has 1 aromatic heterocycles. The van der Waals surface area contributed by atoms with Crippen LogP contribution in [0.15, 0.2) is 35.6 Å². The van der Waals surface area contributed by atoms with Crippen molar-refractivity contribution in [1.82, 2.24) is 9.78 Å². The number of rotatable bonds is 4. The molecule has 4 nitrogen and oxygen atoms in total. The lowest BCUT2D eigenvalue weighted by Gasteiger charge is -2.11. The molecule has 5 heteroatoms. The van der Waals surface area contributed by atoms with E-state index in [9.17, 15) is 0 Å². The molecule has 1 heterocycles. The molecule has 0 amide bonds. The van der Waals surface area contributed by atoms with E-state index in [0.29, 0.717) is 0 Å². The van der Waals surface area contributed by atoms with E-state index in [1.807, 2.05) is 37.7 Å². The zero-order chi connectivity index (χ0) is 13.8. The van der Waals surface area contributed by atoms with Crippen LogP contribution in [0.4, 0.5) is 5.69 Å². The van der Waals surface area contributed by atoms with Crippen LogP contribution in [0.3, 0.4) is 0 Å². The van der Waals surface area contributed by atoms with Gasteiger partial charge in [0.15, 0.2) is 0 Å². The number of nitrogens with zero attached hydrogens (tertiary/aromatic N) is 3. The van der Waals surface area contributed by atoms with Gasteiger partial charge >= 0.3 is 1.43 Å². The van der Waals surface area contributed by atoms with E-state index in [4.69, 9.17) is 4.43 Å². The van der Waals surface area contributed by atoms with E-state index in [-0.39, 0.29) is 1.43 Å². The fraction of sp³-hybridized carbons (Fsp3) is 0.286. The lowest BCUT2D eigenvalue weighted by atomic mass is 10.2. The van der Waals surface area contributed by atoms with Gasteiger partial charge in [-0.3, -0.25) is 9.67 Å². The standard InChI is InChI=1S/C14H18N3OSi/c1-11-5-6-14(18-19(3)4)13(7-11)15-8-12-9-16-17(2)10-12/h5-10H,1-4H3/p+1. The Labute approximate surface area is 117 Å². The first kappa shape index (κ1) is 13.5. The Morgan fingerprint density at radius 2 is 2.21 bits per heavy atom. The summed E-state index contributed by atoms with van der Waals surface area (Å²) in [6, 6.07) is 6.07. The second-order valence-corrected chi connectivity index (χ2v) is 6.71. The van der Waals surface area contributed by atoms with Crippen molar-refractivity contribution in [2.24, 2.45) is 12.0 Å². The number of aromatic nitrogens is 2. The third-order valence-corrected chi connectivity index (χ3v) is 3.13. The van der Waals surface area contributed by atoms with Gasteiger partial charge in [-0.05, 0) is 37.7 Å². The number of aliphatic imine (C=N–C) groups is 1. The van der Waals surface area contributed by atoms with Gasteiger partial charge in [0.1, 0.15) is 11.4 Å². The molecule has 1 aromatic carbocycles. The maximum Gasteiger partial charge on any atom is 1.00 e. The highest BCUT2D eigenvalue weighted by Crippen LogP contribution is 2.29. The van der Waals surface area contributed by atoms with E-state index < -0.39 is 9.04 Å². The lowest BCUT2D eigenvalue weighted by molar-refractivity contribution is 0.582. The van der Waals surface area contributed by atoms with Crippen LogP contribution in [0.25, 0.3) is 0 Å². The van der Waals surface area contributed by atoms with Gasteiger partial charge in [-0.25, -0.2) is 0 Å². The molecule has 2 aromatic rings. The molecule has 0 unspecified atom stereocenters. The summed E-state index contributed by atoms with van der Waals surface area (Å²) in [7, 11) is 1.10. The molecular weight excluding hydrogens is 254 g/mol. The Morgan fingerprint density at radius 1 is 1.42 bits per heavy atom. The van der Waals surface area contributed by atoms with Crippen molar-refractivity contribution < 1.29 is 5.85 Å². The average molecular weight is 273 g/mol. The minimum atomic E-state index is -0.790. The molecule has 0 aliphatic heterocycles. The summed E-state index contributed by atoms with van der Waals surface area (Å²) in [4.78, 5) is 4.52. The monoisotopic (exact) mass is 273 g/mol. The quantitative estimate of drug-likeness (QED) is 0.634. The Hall–Kier alpha value is -1.88. The van der Waals surface area contributed by atoms with Crippen molar-refractivity contribution in [3.63, 3.8) is 0 Å². The Kier molecular flexibility index (Phi) is 4.16. The summed E-state index contributed by atoms with van der Waals surface area (Å²) >= 11 is 0.